The molecular formula is C12H18FNO. The summed E-state index contributed by atoms with van der Waals surface area (Å²) in [6.45, 7) is 4.18. The predicted octanol–water partition coefficient (Wildman–Crippen LogP) is 2.75. The number of ether oxygens (including phenoxy) is 1. The average molecular weight is 211 g/mol. The Balaban J connectivity index is 3.13. The predicted molar refractivity (Wildman–Crippen MR) is 59.6 cm³/mol. The highest BCUT2D eigenvalue weighted by molar-refractivity contribution is 5.36. The quantitative estimate of drug-likeness (QED) is 0.826. The molecule has 0 amide bonds. The fourth-order valence-electron chi connectivity index (χ4n) is 1.80. The lowest BCUT2D eigenvalue weighted by atomic mass is 9.95. The van der Waals surface area contributed by atoms with E-state index in [1.807, 2.05) is 7.05 Å². The van der Waals surface area contributed by atoms with Crippen molar-refractivity contribution in [3.05, 3.63) is 29.6 Å². The van der Waals surface area contributed by atoms with Crippen LogP contribution >= 0.6 is 0 Å². The Labute approximate surface area is 90.4 Å². The minimum Gasteiger partial charge on any atom is -0.496 e. The minimum atomic E-state index is -0.230. The number of hydrogen-bond acceptors (Lipinski definition) is 2. The Morgan fingerprint density at radius 2 is 2.00 bits per heavy atom. The van der Waals surface area contributed by atoms with E-state index >= 15 is 0 Å². The highest BCUT2D eigenvalue weighted by atomic mass is 19.1. The Morgan fingerprint density at radius 1 is 1.33 bits per heavy atom. The van der Waals surface area contributed by atoms with Gasteiger partial charge in [0.25, 0.3) is 0 Å². The number of rotatable bonds is 4. The summed E-state index contributed by atoms with van der Waals surface area (Å²) in [6.07, 6.45) is 0. The molecule has 0 radical (unpaired) electrons. The van der Waals surface area contributed by atoms with Crippen LogP contribution in [0.4, 0.5) is 4.39 Å². The molecule has 1 N–H and O–H groups in total. The van der Waals surface area contributed by atoms with E-state index in [0.717, 1.165) is 11.3 Å². The zero-order valence-electron chi connectivity index (χ0n) is 9.67. The number of hydrogen-bond donors (Lipinski definition) is 1. The second-order valence-electron chi connectivity index (χ2n) is 3.90. The molecule has 15 heavy (non-hydrogen) atoms. The zero-order chi connectivity index (χ0) is 11.4. The Hall–Kier alpha value is -1.09. The van der Waals surface area contributed by atoms with Gasteiger partial charge in [0.1, 0.15) is 11.6 Å². The van der Waals surface area contributed by atoms with Gasteiger partial charge in [-0.05, 0) is 31.2 Å². The van der Waals surface area contributed by atoms with Gasteiger partial charge in [-0.25, -0.2) is 4.39 Å². The van der Waals surface area contributed by atoms with E-state index in [4.69, 9.17) is 4.74 Å². The molecule has 1 atom stereocenters. The molecule has 1 aromatic carbocycles. The van der Waals surface area contributed by atoms with E-state index in [9.17, 15) is 4.39 Å². The summed E-state index contributed by atoms with van der Waals surface area (Å²) in [5.41, 5.74) is 0.870. The lowest BCUT2D eigenvalue weighted by molar-refractivity contribution is 0.379. The highest BCUT2D eigenvalue weighted by Gasteiger charge is 2.18. The van der Waals surface area contributed by atoms with E-state index in [-0.39, 0.29) is 11.9 Å². The van der Waals surface area contributed by atoms with Crippen LogP contribution in [0.15, 0.2) is 18.2 Å². The summed E-state index contributed by atoms with van der Waals surface area (Å²) < 4.78 is 18.4. The summed E-state index contributed by atoms with van der Waals surface area (Å²) in [5, 5.41) is 3.17. The Kier molecular flexibility index (Phi) is 4.09. The second kappa shape index (κ2) is 5.12. The van der Waals surface area contributed by atoms with Gasteiger partial charge in [-0.15, -0.1) is 0 Å². The van der Waals surface area contributed by atoms with E-state index < -0.39 is 0 Å². The van der Waals surface area contributed by atoms with Crippen LogP contribution < -0.4 is 10.1 Å². The van der Waals surface area contributed by atoms with Crippen molar-refractivity contribution in [2.45, 2.75) is 19.9 Å². The van der Waals surface area contributed by atoms with Gasteiger partial charge < -0.3 is 10.1 Å². The third-order valence-electron chi connectivity index (χ3n) is 2.50. The fraction of sp³-hybridized carbons (Fsp3) is 0.500. The summed E-state index contributed by atoms with van der Waals surface area (Å²) in [6, 6.07) is 4.71. The van der Waals surface area contributed by atoms with Crippen molar-refractivity contribution in [2.75, 3.05) is 14.2 Å². The molecule has 0 aliphatic heterocycles. The zero-order valence-corrected chi connectivity index (χ0v) is 9.67. The number of benzene rings is 1. The first-order valence-corrected chi connectivity index (χ1v) is 5.10. The molecule has 0 aromatic heterocycles. The van der Waals surface area contributed by atoms with Crippen LogP contribution in [0.25, 0.3) is 0 Å². The maximum absolute atomic E-state index is 13.2. The lowest BCUT2D eigenvalue weighted by Gasteiger charge is -2.22. The molecule has 0 aliphatic carbocycles. The molecule has 0 aliphatic rings. The minimum absolute atomic E-state index is 0.107. The molecule has 0 fully saturated rings. The summed E-state index contributed by atoms with van der Waals surface area (Å²) in [7, 11) is 3.47. The van der Waals surface area contributed by atoms with Crippen LogP contribution in [-0.4, -0.2) is 14.2 Å². The SMILES string of the molecule is CNC(c1cc(F)ccc1OC)C(C)C. The van der Waals surface area contributed by atoms with Gasteiger partial charge in [-0.3, -0.25) is 0 Å². The Morgan fingerprint density at radius 3 is 2.47 bits per heavy atom. The second-order valence-corrected chi connectivity index (χ2v) is 3.90. The molecule has 0 spiro atoms. The molecule has 1 aromatic rings. The van der Waals surface area contributed by atoms with Crippen LogP contribution in [0.5, 0.6) is 5.75 Å². The first-order valence-electron chi connectivity index (χ1n) is 5.10. The number of methoxy groups -OCH3 is 1. The van der Waals surface area contributed by atoms with Crippen molar-refractivity contribution < 1.29 is 9.13 Å². The molecule has 0 bridgehead atoms. The van der Waals surface area contributed by atoms with Crippen molar-refractivity contribution in [2.24, 2.45) is 5.92 Å². The third-order valence-corrected chi connectivity index (χ3v) is 2.50. The first kappa shape index (κ1) is 12.0. The van der Waals surface area contributed by atoms with Gasteiger partial charge in [-0.1, -0.05) is 13.8 Å². The van der Waals surface area contributed by atoms with Crippen molar-refractivity contribution in [3.63, 3.8) is 0 Å². The molecule has 1 rings (SSSR count). The molecular weight excluding hydrogens is 193 g/mol. The standard InChI is InChI=1S/C12H18FNO/c1-8(2)12(14-3)10-7-9(13)5-6-11(10)15-4/h5-8,12,14H,1-4H3. The smallest absolute Gasteiger partial charge is 0.123 e. The Bertz CT molecular complexity index is 325. The van der Waals surface area contributed by atoms with Gasteiger partial charge in [0.05, 0.1) is 7.11 Å². The molecule has 84 valence electrons. The van der Waals surface area contributed by atoms with E-state index in [1.54, 1.807) is 13.2 Å². The van der Waals surface area contributed by atoms with E-state index in [2.05, 4.69) is 19.2 Å². The van der Waals surface area contributed by atoms with Gasteiger partial charge >= 0.3 is 0 Å². The summed E-state index contributed by atoms with van der Waals surface area (Å²) >= 11 is 0. The lowest BCUT2D eigenvalue weighted by Crippen LogP contribution is -2.22. The molecule has 3 heteroatoms. The molecule has 1 unspecified atom stereocenters. The maximum atomic E-state index is 13.2. The summed E-state index contributed by atoms with van der Waals surface area (Å²) in [5.74, 6) is 0.877. The van der Waals surface area contributed by atoms with Crippen molar-refractivity contribution in [3.8, 4) is 5.75 Å². The van der Waals surface area contributed by atoms with Crippen molar-refractivity contribution in [1.29, 1.82) is 0 Å². The number of halogens is 1. The van der Waals surface area contributed by atoms with Gasteiger partial charge in [0.15, 0.2) is 0 Å². The molecule has 0 saturated heterocycles. The van der Waals surface area contributed by atoms with Crippen molar-refractivity contribution >= 4 is 0 Å². The maximum Gasteiger partial charge on any atom is 0.123 e. The topological polar surface area (TPSA) is 21.3 Å². The number of nitrogens with one attached hydrogen (secondary N) is 1. The first-order chi connectivity index (χ1) is 7.10. The van der Waals surface area contributed by atoms with Gasteiger partial charge in [0.2, 0.25) is 0 Å². The monoisotopic (exact) mass is 211 g/mol. The van der Waals surface area contributed by atoms with Crippen LogP contribution in [0, 0.1) is 11.7 Å². The molecule has 0 heterocycles. The molecule has 2 nitrogen and oxygen atoms in total. The van der Waals surface area contributed by atoms with Crippen LogP contribution in [-0.2, 0) is 0 Å². The van der Waals surface area contributed by atoms with Crippen LogP contribution in [0.2, 0.25) is 0 Å². The third kappa shape index (κ3) is 2.69. The molecule has 0 saturated carbocycles. The highest BCUT2D eigenvalue weighted by Crippen LogP contribution is 2.30. The van der Waals surface area contributed by atoms with E-state index in [0.29, 0.717) is 5.92 Å². The fourth-order valence-corrected chi connectivity index (χ4v) is 1.80. The van der Waals surface area contributed by atoms with Gasteiger partial charge in [0, 0.05) is 11.6 Å². The van der Waals surface area contributed by atoms with E-state index in [1.165, 1.54) is 12.1 Å². The summed E-state index contributed by atoms with van der Waals surface area (Å²) in [4.78, 5) is 0. The average Bonchev–Trinajstić information content (AvgIpc) is 2.18. The largest absolute Gasteiger partial charge is 0.496 e. The normalized spacial score (nSPS) is 12.9. The van der Waals surface area contributed by atoms with Crippen LogP contribution in [0.1, 0.15) is 25.5 Å². The van der Waals surface area contributed by atoms with Crippen molar-refractivity contribution in [1.82, 2.24) is 5.32 Å². The van der Waals surface area contributed by atoms with Gasteiger partial charge in [-0.2, -0.15) is 0 Å². The van der Waals surface area contributed by atoms with Crippen LogP contribution in [0.3, 0.4) is 0 Å².